The topological polar surface area (TPSA) is 24.1 Å². The third-order valence-electron chi connectivity index (χ3n) is 6.29. The molecule has 160 valence electrons. The van der Waals surface area contributed by atoms with Gasteiger partial charge in [0.05, 0.1) is 0 Å². The molecule has 1 atom stereocenters. The fraction of sp³-hybridized carbons (Fsp3) is 0.769. The average Bonchev–Trinajstić information content (AvgIpc) is 2.71. The van der Waals surface area contributed by atoms with E-state index in [0.29, 0.717) is 12.1 Å². The van der Waals surface area contributed by atoms with Crippen LogP contribution in [-0.2, 0) is 12.8 Å². The van der Waals surface area contributed by atoms with Crippen molar-refractivity contribution in [3.05, 3.63) is 23.3 Å². The van der Waals surface area contributed by atoms with E-state index >= 15 is 0 Å². The van der Waals surface area contributed by atoms with Crippen LogP contribution in [0.3, 0.4) is 0 Å². The molecule has 1 unspecified atom stereocenters. The van der Waals surface area contributed by atoms with Crippen molar-refractivity contribution >= 4 is 11.4 Å². The van der Waals surface area contributed by atoms with Gasteiger partial charge in [-0.2, -0.15) is 0 Å². The van der Waals surface area contributed by atoms with Gasteiger partial charge in [0.1, 0.15) is 0 Å². The molecule has 2 nitrogen and oxygen atoms in total. The van der Waals surface area contributed by atoms with Crippen molar-refractivity contribution in [3.63, 3.8) is 0 Å². The summed E-state index contributed by atoms with van der Waals surface area (Å²) in [6.45, 7) is 9.23. The van der Waals surface area contributed by atoms with E-state index in [1.807, 2.05) is 0 Å². The molecule has 0 radical (unpaired) electrons. The molecule has 2 rings (SSSR count). The molecule has 0 amide bonds. The first kappa shape index (κ1) is 23.1. The SMILES string of the molecule is CCCCc1cc(CCCC)c(NC2CCCCC2)cc1NC(C)CCCC. The summed E-state index contributed by atoms with van der Waals surface area (Å²) in [4.78, 5) is 0. The zero-order valence-electron chi connectivity index (χ0n) is 19.2. The molecule has 0 heterocycles. The van der Waals surface area contributed by atoms with Gasteiger partial charge in [0.15, 0.2) is 0 Å². The second-order valence-electron chi connectivity index (χ2n) is 9.04. The fourth-order valence-corrected chi connectivity index (χ4v) is 4.43. The van der Waals surface area contributed by atoms with Crippen molar-refractivity contribution in [1.82, 2.24) is 0 Å². The summed E-state index contributed by atoms with van der Waals surface area (Å²) in [7, 11) is 0. The van der Waals surface area contributed by atoms with E-state index in [9.17, 15) is 0 Å². The third kappa shape index (κ3) is 7.68. The lowest BCUT2D eigenvalue weighted by atomic mass is 9.93. The number of anilines is 2. The Morgan fingerprint density at radius 3 is 2.04 bits per heavy atom. The maximum absolute atomic E-state index is 3.96. The minimum Gasteiger partial charge on any atom is -0.382 e. The first-order chi connectivity index (χ1) is 13.7. The number of rotatable bonds is 13. The number of hydrogen-bond acceptors (Lipinski definition) is 2. The standard InChI is InChI=1S/C26H46N2/c1-5-8-14-21(4)27-25-20-26(28-24-17-12-11-13-18-24)23(16-10-7-3)19-22(25)15-9-6-2/h19-21,24,27-28H,5-18H2,1-4H3. The van der Waals surface area contributed by atoms with Crippen LogP contribution in [0.5, 0.6) is 0 Å². The van der Waals surface area contributed by atoms with Crippen LogP contribution in [0.25, 0.3) is 0 Å². The van der Waals surface area contributed by atoms with E-state index in [4.69, 9.17) is 0 Å². The first-order valence-corrected chi connectivity index (χ1v) is 12.4. The van der Waals surface area contributed by atoms with Gasteiger partial charge in [0, 0.05) is 23.5 Å². The second kappa shape index (κ2) is 13.1. The van der Waals surface area contributed by atoms with Crippen LogP contribution in [-0.4, -0.2) is 12.1 Å². The molecular weight excluding hydrogens is 340 g/mol. The minimum absolute atomic E-state index is 0.546. The zero-order valence-corrected chi connectivity index (χ0v) is 19.2. The van der Waals surface area contributed by atoms with Gasteiger partial charge < -0.3 is 10.6 Å². The molecule has 28 heavy (non-hydrogen) atoms. The Labute approximate surface area is 175 Å². The summed E-state index contributed by atoms with van der Waals surface area (Å²) >= 11 is 0. The quantitative estimate of drug-likeness (QED) is 0.358. The predicted molar refractivity (Wildman–Crippen MR) is 127 cm³/mol. The van der Waals surface area contributed by atoms with Crippen molar-refractivity contribution in [3.8, 4) is 0 Å². The van der Waals surface area contributed by atoms with Crippen LogP contribution < -0.4 is 10.6 Å². The van der Waals surface area contributed by atoms with E-state index < -0.39 is 0 Å². The summed E-state index contributed by atoms with van der Waals surface area (Å²) < 4.78 is 0. The molecule has 1 aromatic rings. The van der Waals surface area contributed by atoms with Gasteiger partial charge in [-0.1, -0.05) is 71.8 Å². The molecule has 1 aromatic carbocycles. The van der Waals surface area contributed by atoms with E-state index in [2.05, 4.69) is 50.5 Å². The molecule has 0 spiro atoms. The number of nitrogens with one attached hydrogen (secondary N) is 2. The van der Waals surface area contributed by atoms with Gasteiger partial charge in [0.25, 0.3) is 0 Å². The highest BCUT2D eigenvalue weighted by Gasteiger charge is 2.17. The lowest BCUT2D eigenvalue weighted by Crippen LogP contribution is -2.23. The lowest BCUT2D eigenvalue weighted by molar-refractivity contribution is 0.462. The Morgan fingerprint density at radius 1 is 0.821 bits per heavy atom. The molecule has 2 heteroatoms. The Bertz CT molecular complexity index is 546. The Balaban J connectivity index is 2.25. The summed E-state index contributed by atoms with van der Waals surface area (Å²) in [6.07, 6.45) is 18.2. The van der Waals surface area contributed by atoms with Crippen molar-refractivity contribution in [1.29, 1.82) is 0 Å². The van der Waals surface area contributed by atoms with E-state index in [0.717, 1.165) is 0 Å². The van der Waals surface area contributed by atoms with Gasteiger partial charge in [-0.15, -0.1) is 0 Å². The molecule has 1 fully saturated rings. The molecule has 0 bridgehead atoms. The highest BCUT2D eigenvalue weighted by atomic mass is 14.9. The van der Waals surface area contributed by atoms with Crippen LogP contribution in [0, 0.1) is 0 Å². The van der Waals surface area contributed by atoms with Crippen LogP contribution in [0.4, 0.5) is 11.4 Å². The first-order valence-electron chi connectivity index (χ1n) is 12.4. The largest absolute Gasteiger partial charge is 0.382 e. The van der Waals surface area contributed by atoms with Crippen LogP contribution in [0.2, 0.25) is 0 Å². The second-order valence-corrected chi connectivity index (χ2v) is 9.04. The van der Waals surface area contributed by atoms with Crippen molar-refractivity contribution < 1.29 is 0 Å². The molecule has 0 aromatic heterocycles. The Hall–Kier alpha value is -1.18. The zero-order chi connectivity index (χ0) is 20.2. The molecule has 0 aliphatic heterocycles. The summed E-state index contributed by atoms with van der Waals surface area (Å²) in [5.74, 6) is 0. The number of aryl methyl sites for hydroxylation is 2. The molecule has 0 saturated heterocycles. The Kier molecular flexibility index (Phi) is 10.8. The molecule has 1 aliphatic rings. The predicted octanol–water partition coefficient (Wildman–Crippen LogP) is 8.11. The van der Waals surface area contributed by atoms with Crippen molar-refractivity contribution in [2.24, 2.45) is 0 Å². The summed E-state index contributed by atoms with van der Waals surface area (Å²) in [5, 5.41) is 7.83. The maximum Gasteiger partial charge on any atom is 0.0395 e. The van der Waals surface area contributed by atoms with E-state index in [1.165, 1.54) is 107 Å². The van der Waals surface area contributed by atoms with Crippen LogP contribution >= 0.6 is 0 Å². The summed E-state index contributed by atoms with van der Waals surface area (Å²) in [6, 6.07) is 6.21. The van der Waals surface area contributed by atoms with Gasteiger partial charge in [-0.25, -0.2) is 0 Å². The Morgan fingerprint density at radius 2 is 1.43 bits per heavy atom. The molecular formula is C26H46N2. The van der Waals surface area contributed by atoms with E-state index in [1.54, 1.807) is 5.56 Å². The van der Waals surface area contributed by atoms with Crippen molar-refractivity contribution in [2.75, 3.05) is 10.6 Å². The minimum atomic E-state index is 0.546. The molecule has 2 N–H and O–H groups in total. The number of hydrogen-bond donors (Lipinski definition) is 2. The highest BCUT2D eigenvalue weighted by Crippen LogP contribution is 2.31. The normalized spacial score (nSPS) is 16.1. The van der Waals surface area contributed by atoms with Gasteiger partial charge in [-0.05, 0) is 69.1 Å². The molecule has 1 saturated carbocycles. The van der Waals surface area contributed by atoms with Crippen LogP contribution in [0.15, 0.2) is 12.1 Å². The monoisotopic (exact) mass is 386 g/mol. The number of unbranched alkanes of at least 4 members (excludes halogenated alkanes) is 3. The van der Waals surface area contributed by atoms with Gasteiger partial charge in [-0.3, -0.25) is 0 Å². The molecule has 1 aliphatic carbocycles. The lowest BCUT2D eigenvalue weighted by Gasteiger charge is -2.27. The third-order valence-corrected chi connectivity index (χ3v) is 6.29. The average molecular weight is 387 g/mol. The van der Waals surface area contributed by atoms with Gasteiger partial charge in [0.2, 0.25) is 0 Å². The maximum atomic E-state index is 3.96. The summed E-state index contributed by atoms with van der Waals surface area (Å²) in [5.41, 5.74) is 5.87. The van der Waals surface area contributed by atoms with E-state index in [-0.39, 0.29) is 0 Å². The van der Waals surface area contributed by atoms with Gasteiger partial charge >= 0.3 is 0 Å². The smallest absolute Gasteiger partial charge is 0.0395 e. The van der Waals surface area contributed by atoms with Crippen molar-refractivity contribution in [2.45, 2.75) is 130 Å². The number of benzene rings is 1. The van der Waals surface area contributed by atoms with Crippen LogP contribution in [0.1, 0.15) is 116 Å². The fourth-order valence-electron chi connectivity index (χ4n) is 4.43. The highest BCUT2D eigenvalue weighted by molar-refractivity contribution is 5.66.